The highest BCUT2D eigenvalue weighted by molar-refractivity contribution is 14.1. The number of anilines is 1. The topological polar surface area (TPSA) is 74.8 Å². The lowest BCUT2D eigenvalue weighted by Crippen LogP contribution is -2.36. The maximum Gasteiger partial charge on any atom is 0.255 e. The fourth-order valence-corrected chi connectivity index (χ4v) is 3.29. The second kappa shape index (κ2) is 5.31. The Labute approximate surface area is 139 Å². The summed E-state index contributed by atoms with van der Waals surface area (Å²) >= 11 is 2.28. The van der Waals surface area contributed by atoms with Crippen molar-refractivity contribution in [3.63, 3.8) is 0 Å². The van der Waals surface area contributed by atoms with Crippen LogP contribution in [0.15, 0.2) is 35.6 Å². The van der Waals surface area contributed by atoms with E-state index in [1.807, 2.05) is 12.1 Å². The third kappa shape index (κ3) is 2.25. The Morgan fingerprint density at radius 2 is 2.14 bits per heavy atom. The molecular formula is C15H12IN5O. The molecular weight excluding hydrogens is 393 g/mol. The molecule has 1 N–H and O–H groups in total. The molecule has 0 amide bonds. The third-order valence-electron chi connectivity index (χ3n) is 3.88. The van der Waals surface area contributed by atoms with E-state index in [4.69, 9.17) is 0 Å². The van der Waals surface area contributed by atoms with Crippen LogP contribution >= 0.6 is 22.6 Å². The molecule has 6 nitrogen and oxygen atoms in total. The number of benzene rings is 1. The van der Waals surface area contributed by atoms with Crippen LogP contribution in [0.25, 0.3) is 10.9 Å². The third-order valence-corrected chi connectivity index (χ3v) is 4.55. The number of rotatable bonds is 1. The Morgan fingerprint density at radius 1 is 1.23 bits per heavy atom. The van der Waals surface area contributed by atoms with Crippen molar-refractivity contribution in [2.45, 2.75) is 13.0 Å². The molecule has 0 aliphatic carbocycles. The van der Waals surface area contributed by atoms with Gasteiger partial charge in [-0.2, -0.15) is 0 Å². The molecule has 0 spiro atoms. The number of H-pyrrole nitrogens is 1. The molecule has 0 saturated carbocycles. The molecule has 0 fully saturated rings. The van der Waals surface area contributed by atoms with Gasteiger partial charge in [0.05, 0.1) is 29.6 Å². The van der Waals surface area contributed by atoms with Crippen LogP contribution in [0, 0.1) is 3.57 Å². The predicted molar refractivity (Wildman–Crippen MR) is 91.9 cm³/mol. The molecule has 7 heteroatoms. The molecule has 3 heterocycles. The predicted octanol–water partition coefficient (Wildman–Crippen LogP) is 1.88. The number of halogens is 1. The van der Waals surface area contributed by atoms with Crippen LogP contribution in [-0.4, -0.2) is 26.5 Å². The van der Waals surface area contributed by atoms with Gasteiger partial charge in [0.2, 0.25) is 0 Å². The summed E-state index contributed by atoms with van der Waals surface area (Å²) in [5.74, 6) is 0.873. The van der Waals surface area contributed by atoms with Gasteiger partial charge < -0.3 is 9.88 Å². The highest BCUT2D eigenvalue weighted by Crippen LogP contribution is 2.27. The first-order valence-electron chi connectivity index (χ1n) is 6.93. The van der Waals surface area contributed by atoms with E-state index < -0.39 is 0 Å². The molecule has 1 aromatic carbocycles. The first kappa shape index (κ1) is 13.6. The lowest BCUT2D eigenvalue weighted by atomic mass is 10.1. The summed E-state index contributed by atoms with van der Waals surface area (Å²) in [5.41, 5.74) is 2.46. The SMILES string of the molecule is O=c1[nH]cnc2c1CN(c1ncnc3ccc(I)cc13)CC2. The van der Waals surface area contributed by atoms with E-state index in [-0.39, 0.29) is 5.56 Å². The van der Waals surface area contributed by atoms with E-state index in [2.05, 4.69) is 53.5 Å². The van der Waals surface area contributed by atoms with Crippen LogP contribution in [-0.2, 0) is 13.0 Å². The van der Waals surface area contributed by atoms with Crippen molar-refractivity contribution in [3.05, 3.63) is 56.0 Å². The quantitative estimate of drug-likeness (QED) is 0.626. The minimum atomic E-state index is -0.0670. The first-order valence-corrected chi connectivity index (χ1v) is 8.01. The molecule has 3 aromatic rings. The highest BCUT2D eigenvalue weighted by atomic mass is 127. The summed E-state index contributed by atoms with van der Waals surface area (Å²) in [5, 5.41) is 1.01. The molecule has 0 bridgehead atoms. The van der Waals surface area contributed by atoms with Crippen LogP contribution < -0.4 is 10.5 Å². The van der Waals surface area contributed by atoms with Crippen molar-refractivity contribution >= 4 is 39.3 Å². The van der Waals surface area contributed by atoms with Crippen molar-refractivity contribution < 1.29 is 0 Å². The second-order valence-electron chi connectivity index (χ2n) is 5.19. The van der Waals surface area contributed by atoms with E-state index in [0.29, 0.717) is 6.54 Å². The van der Waals surface area contributed by atoms with Crippen molar-refractivity contribution in [2.75, 3.05) is 11.4 Å². The lowest BCUT2D eigenvalue weighted by Gasteiger charge is -2.29. The van der Waals surface area contributed by atoms with Crippen LogP contribution in [0.5, 0.6) is 0 Å². The average molecular weight is 405 g/mol. The zero-order chi connectivity index (χ0) is 15.1. The summed E-state index contributed by atoms with van der Waals surface area (Å²) in [6.45, 7) is 1.32. The van der Waals surface area contributed by atoms with Gasteiger partial charge in [0, 0.05) is 21.9 Å². The minimum Gasteiger partial charge on any atom is -0.351 e. The Hall–Kier alpha value is -2.03. The Morgan fingerprint density at radius 3 is 3.05 bits per heavy atom. The van der Waals surface area contributed by atoms with Gasteiger partial charge in [-0.3, -0.25) is 4.79 Å². The zero-order valence-electron chi connectivity index (χ0n) is 11.6. The van der Waals surface area contributed by atoms with Crippen molar-refractivity contribution in [2.24, 2.45) is 0 Å². The van der Waals surface area contributed by atoms with Gasteiger partial charge in [0.1, 0.15) is 12.1 Å². The molecule has 0 unspecified atom stereocenters. The molecule has 1 aliphatic heterocycles. The van der Waals surface area contributed by atoms with E-state index in [0.717, 1.165) is 44.5 Å². The van der Waals surface area contributed by atoms with Gasteiger partial charge in [-0.25, -0.2) is 15.0 Å². The highest BCUT2D eigenvalue weighted by Gasteiger charge is 2.22. The number of nitrogens with zero attached hydrogens (tertiary/aromatic N) is 4. The molecule has 0 saturated heterocycles. The Kier molecular flexibility index (Phi) is 3.29. The Balaban J connectivity index is 1.82. The molecule has 0 radical (unpaired) electrons. The first-order chi connectivity index (χ1) is 10.7. The number of hydrogen-bond donors (Lipinski definition) is 1. The monoisotopic (exact) mass is 405 g/mol. The number of fused-ring (bicyclic) bond motifs is 2. The maximum absolute atomic E-state index is 12.0. The van der Waals surface area contributed by atoms with Crippen molar-refractivity contribution in [1.29, 1.82) is 0 Å². The zero-order valence-corrected chi connectivity index (χ0v) is 13.7. The minimum absolute atomic E-state index is 0.0670. The summed E-state index contributed by atoms with van der Waals surface area (Å²) in [6, 6.07) is 6.10. The fourth-order valence-electron chi connectivity index (χ4n) is 2.80. The van der Waals surface area contributed by atoms with Gasteiger partial charge in [-0.05, 0) is 40.8 Å². The molecule has 22 heavy (non-hydrogen) atoms. The largest absolute Gasteiger partial charge is 0.351 e. The molecule has 1 aliphatic rings. The van der Waals surface area contributed by atoms with Gasteiger partial charge in [-0.1, -0.05) is 0 Å². The van der Waals surface area contributed by atoms with E-state index >= 15 is 0 Å². The molecule has 110 valence electrons. The number of aromatic amines is 1. The Bertz CT molecular complexity index is 923. The van der Waals surface area contributed by atoms with Gasteiger partial charge in [-0.15, -0.1) is 0 Å². The summed E-state index contributed by atoms with van der Waals surface area (Å²) in [6.07, 6.45) is 3.79. The lowest BCUT2D eigenvalue weighted by molar-refractivity contribution is 0.691. The van der Waals surface area contributed by atoms with Crippen molar-refractivity contribution in [1.82, 2.24) is 19.9 Å². The van der Waals surface area contributed by atoms with Gasteiger partial charge >= 0.3 is 0 Å². The summed E-state index contributed by atoms with van der Waals surface area (Å²) in [7, 11) is 0. The van der Waals surface area contributed by atoms with Crippen LogP contribution in [0.3, 0.4) is 0 Å². The number of hydrogen-bond acceptors (Lipinski definition) is 5. The van der Waals surface area contributed by atoms with E-state index in [1.54, 1.807) is 6.33 Å². The number of aromatic nitrogens is 4. The molecule has 4 rings (SSSR count). The van der Waals surface area contributed by atoms with E-state index in [9.17, 15) is 4.79 Å². The van der Waals surface area contributed by atoms with Crippen molar-refractivity contribution in [3.8, 4) is 0 Å². The summed E-state index contributed by atoms with van der Waals surface area (Å²) < 4.78 is 1.14. The van der Waals surface area contributed by atoms with Crippen LogP contribution in [0.4, 0.5) is 5.82 Å². The molecule has 2 aromatic heterocycles. The standard InChI is InChI=1S/C15H12IN5O/c16-9-1-2-12-10(5-9)14(19-7-17-12)21-4-3-13-11(6-21)15(22)20-8-18-13/h1-2,5,7-8H,3-4,6H2,(H,18,20,22). The normalized spacial score (nSPS) is 14.1. The van der Waals surface area contributed by atoms with Gasteiger partial charge in [0.15, 0.2) is 0 Å². The fraction of sp³-hybridized carbons (Fsp3) is 0.200. The maximum atomic E-state index is 12.0. The van der Waals surface area contributed by atoms with Crippen LogP contribution in [0.2, 0.25) is 0 Å². The summed E-state index contributed by atoms with van der Waals surface area (Å²) in [4.78, 5) is 29.8. The number of nitrogens with one attached hydrogen (secondary N) is 1. The average Bonchev–Trinajstić information content (AvgIpc) is 2.54. The molecule has 0 atom stereocenters. The van der Waals surface area contributed by atoms with Gasteiger partial charge in [0.25, 0.3) is 5.56 Å². The smallest absolute Gasteiger partial charge is 0.255 e. The second-order valence-corrected chi connectivity index (χ2v) is 6.43. The van der Waals surface area contributed by atoms with Crippen LogP contribution in [0.1, 0.15) is 11.3 Å². The van der Waals surface area contributed by atoms with E-state index in [1.165, 1.54) is 6.33 Å².